The van der Waals surface area contributed by atoms with Gasteiger partial charge in [-0.1, -0.05) is 72.8 Å². The van der Waals surface area contributed by atoms with E-state index in [-0.39, 0.29) is 20.1 Å². The van der Waals surface area contributed by atoms with E-state index in [4.69, 9.17) is 15.0 Å². The van der Waals surface area contributed by atoms with Crippen LogP contribution in [0.4, 0.5) is 0 Å². The van der Waals surface area contributed by atoms with Gasteiger partial charge >= 0.3 is 0 Å². The van der Waals surface area contributed by atoms with Crippen LogP contribution in [0, 0.1) is 19.1 Å². The largest absolute Gasteiger partial charge is 0.304 e. The summed E-state index contributed by atoms with van der Waals surface area (Å²) in [4.78, 5) is 14.3. The Morgan fingerprint density at radius 1 is 0.420 bits per heavy atom. The van der Waals surface area contributed by atoms with Gasteiger partial charge in [-0.15, -0.1) is 71.8 Å². The van der Waals surface area contributed by atoms with E-state index in [1.54, 1.807) is 0 Å². The van der Waals surface area contributed by atoms with E-state index in [9.17, 15) is 0 Å². The fraction of sp³-hybridized carbons (Fsp3) is 0.152. The zero-order chi connectivity index (χ0) is 33.3. The molecule has 0 bridgehead atoms. The van der Waals surface area contributed by atoms with Crippen LogP contribution >= 0.6 is 0 Å². The van der Waals surface area contributed by atoms with Gasteiger partial charge < -0.3 is 9.97 Å². The average Bonchev–Trinajstić information content (AvgIpc) is 3.17. The third kappa shape index (κ3) is 9.15. The molecule has 0 saturated carbocycles. The second-order valence-corrected chi connectivity index (χ2v) is 12.7. The van der Waals surface area contributed by atoms with Crippen molar-refractivity contribution in [2.45, 2.75) is 45.4 Å². The minimum atomic E-state index is 0. The molecule has 249 valence electrons. The number of hydrogen-bond donors (Lipinski definition) is 0. The number of benzene rings is 4. The fourth-order valence-corrected chi connectivity index (χ4v) is 6.30. The first-order chi connectivity index (χ1) is 24.2. The molecule has 7 rings (SSSR count). The molecule has 0 aliphatic carbocycles. The minimum Gasteiger partial charge on any atom is -0.304 e. The summed E-state index contributed by atoms with van der Waals surface area (Å²) < 4.78 is 0. The molecule has 0 N–H and O–H groups in total. The maximum atomic E-state index is 4.82. The van der Waals surface area contributed by atoms with E-state index in [1.165, 1.54) is 44.5 Å². The Kier molecular flexibility index (Phi) is 11.9. The molecule has 3 nitrogen and oxygen atoms in total. The summed E-state index contributed by atoms with van der Waals surface area (Å²) in [6.45, 7) is 2.14. The van der Waals surface area contributed by atoms with Crippen LogP contribution in [0.2, 0.25) is 0 Å². The summed E-state index contributed by atoms with van der Waals surface area (Å²) in [7, 11) is 0. The Hall–Kier alpha value is -5.02. The Labute approximate surface area is 309 Å². The van der Waals surface area contributed by atoms with Gasteiger partial charge in [0.25, 0.3) is 0 Å². The van der Waals surface area contributed by atoms with Gasteiger partial charge in [0.2, 0.25) is 0 Å². The van der Waals surface area contributed by atoms with Crippen LogP contribution in [0.15, 0.2) is 146 Å². The van der Waals surface area contributed by atoms with Gasteiger partial charge in [0, 0.05) is 44.3 Å². The van der Waals surface area contributed by atoms with E-state index in [2.05, 4.69) is 110 Å². The molecule has 1 radical (unpaired) electrons. The number of rotatable bonds is 12. The Bertz CT molecular complexity index is 1990. The predicted octanol–water partition coefficient (Wildman–Crippen LogP) is 10.1. The molecule has 4 aromatic carbocycles. The zero-order valence-corrected chi connectivity index (χ0v) is 30.7. The maximum Gasteiger partial charge on any atom is 0.0704 e. The van der Waals surface area contributed by atoms with Gasteiger partial charge in [0.1, 0.15) is 0 Å². The van der Waals surface area contributed by atoms with E-state index in [0.717, 1.165) is 66.7 Å². The van der Waals surface area contributed by atoms with Crippen molar-refractivity contribution in [3.63, 3.8) is 0 Å². The Morgan fingerprint density at radius 2 is 0.820 bits per heavy atom. The molecule has 0 amide bonds. The molecule has 0 spiro atoms. The van der Waals surface area contributed by atoms with Crippen molar-refractivity contribution in [3.8, 4) is 33.8 Å². The van der Waals surface area contributed by atoms with Gasteiger partial charge in [0.05, 0.1) is 5.69 Å². The topological polar surface area (TPSA) is 38.7 Å². The first-order valence-electron chi connectivity index (χ1n) is 17.1. The van der Waals surface area contributed by atoms with Crippen molar-refractivity contribution in [3.05, 3.63) is 197 Å². The van der Waals surface area contributed by atoms with Crippen molar-refractivity contribution >= 4 is 0 Å². The number of nitrogens with zero attached hydrogens (tertiary/aromatic N) is 3. The van der Waals surface area contributed by atoms with Crippen LogP contribution in [0.1, 0.15) is 38.9 Å². The van der Waals surface area contributed by atoms with Gasteiger partial charge in [-0.25, -0.2) is 0 Å². The van der Waals surface area contributed by atoms with Crippen LogP contribution in [0.25, 0.3) is 33.8 Å². The first kappa shape index (κ1) is 34.8. The summed E-state index contributed by atoms with van der Waals surface area (Å²) in [5.41, 5.74) is 15.3. The molecule has 0 fully saturated rings. The predicted molar refractivity (Wildman–Crippen MR) is 200 cm³/mol. The molecule has 7 aromatic rings. The molecule has 0 saturated heterocycles. The molecular weight excluding hydrogens is 787 g/mol. The molecule has 0 atom stereocenters. The number of pyridine rings is 3. The standard InChI is InChI=1S/C46H39N3.Ir/c1-34-10-8-9-15-43(34)46-27-24-37(33-49-46)18-21-40-29-38(19-16-35-22-25-44(47-31-35)41-11-4-2-5-12-41)28-39(30-40)20-17-36-23-26-45(48-32-36)42-13-6-3-7-14-42;/h2-11,13,15,22-33H,16-21H2,1H3;/q-2;. The van der Waals surface area contributed by atoms with Gasteiger partial charge in [0.15, 0.2) is 0 Å². The van der Waals surface area contributed by atoms with E-state index in [0.29, 0.717) is 0 Å². The number of hydrogen-bond acceptors (Lipinski definition) is 3. The van der Waals surface area contributed by atoms with Crippen molar-refractivity contribution in [2.75, 3.05) is 0 Å². The number of aryl methyl sites for hydroxylation is 7. The Morgan fingerprint density at radius 3 is 1.20 bits per heavy atom. The molecule has 4 heteroatoms. The van der Waals surface area contributed by atoms with Crippen molar-refractivity contribution < 1.29 is 20.1 Å². The molecule has 0 aliphatic heterocycles. The van der Waals surface area contributed by atoms with Gasteiger partial charge in [-0.3, -0.25) is 4.98 Å². The zero-order valence-electron chi connectivity index (χ0n) is 28.3. The van der Waals surface area contributed by atoms with Crippen LogP contribution in [0.5, 0.6) is 0 Å². The fourth-order valence-electron chi connectivity index (χ4n) is 6.30. The molecular formula is C46H39IrN3-2. The summed E-state index contributed by atoms with van der Waals surface area (Å²) in [6.07, 6.45) is 11.8. The van der Waals surface area contributed by atoms with Crippen molar-refractivity contribution in [2.24, 2.45) is 0 Å². The van der Waals surface area contributed by atoms with Crippen molar-refractivity contribution in [1.82, 2.24) is 15.0 Å². The summed E-state index contributed by atoms with van der Waals surface area (Å²) in [5.74, 6) is 0. The van der Waals surface area contributed by atoms with E-state index < -0.39 is 0 Å². The quantitative estimate of drug-likeness (QED) is 0.115. The summed E-state index contributed by atoms with van der Waals surface area (Å²) >= 11 is 0. The van der Waals surface area contributed by atoms with Gasteiger partial charge in [-0.05, 0) is 102 Å². The van der Waals surface area contributed by atoms with Gasteiger partial charge in [-0.2, -0.15) is 0 Å². The monoisotopic (exact) mass is 826 g/mol. The van der Waals surface area contributed by atoms with Crippen LogP contribution < -0.4 is 0 Å². The first-order valence-corrected chi connectivity index (χ1v) is 17.1. The van der Waals surface area contributed by atoms with E-state index >= 15 is 0 Å². The molecule has 3 aromatic heterocycles. The second kappa shape index (κ2) is 17.1. The van der Waals surface area contributed by atoms with Crippen molar-refractivity contribution in [1.29, 1.82) is 0 Å². The number of aromatic nitrogens is 3. The smallest absolute Gasteiger partial charge is 0.0704 e. The Balaban J connectivity index is 0.00000432. The second-order valence-electron chi connectivity index (χ2n) is 12.7. The average molecular weight is 826 g/mol. The van der Waals surface area contributed by atoms with Crippen LogP contribution in [0.3, 0.4) is 0 Å². The van der Waals surface area contributed by atoms with E-state index in [1.807, 2.05) is 55.0 Å². The third-order valence-electron chi connectivity index (χ3n) is 9.08. The molecule has 0 unspecified atom stereocenters. The third-order valence-corrected chi connectivity index (χ3v) is 9.08. The minimum absolute atomic E-state index is 0. The van der Waals surface area contributed by atoms with Crippen LogP contribution in [-0.4, -0.2) is 15.0 Å². The summed E-state index contributed by atoms with van der Waals surface area (Å²) in [5, 5.41) is 0. The summed E-state index contributed by atoms with van der Waals surface area (Å²) in [6, 6.07) is 51.1. The van der Waals surface area contributed by atoms with Crippen LogP contribution in [-0.2, 0) is 58.6 Å². The molecule has 0 aliphatic rings. The molecule has 3 heterocycles. The maximum absolute atomic E-state index is 4.82. The normalized spacial score (nSPS) is 10.8. The SMILES string of the molecule is Cc1ccccc1-c1ccc(CCc2cc(CCc3ccc(-c4[c-]cccc4)nc3)cc(CCc3ccc(-c4[c-]cccc4)nc3)c2)cn1.[Ir]. The molecule has 50 heavy (non-hydrogen) atoms.